The summed E-state index contributed by atoms with van der Waals surface area (Å²) >= 11 is 9.71. The second kappa shape index (κ2) is 16.8. The highest BCUT2D eigenvalue weighted by molar-refractivity contribution is 9.10. The summed E-state index contributed by atoms with van der Waals surface area (Å²) in [6.07, 6.45) is 1.90. The molecule has 1 atom stereocenters. The van der Waals surface area contributed by atoms with Crippen molar-refractivity contribution in [1.82, 2.24) is 10.2 Å². The van der Waals surface area contributed by atoms with E-state index in [0.717, 1.165) is 28.3 Å². The first-order valence-electron chi connectivity index (χ1n) is 15.3. The van der Waals surface area contributed by atoms with E-state index >= 15 is 0 Å². The number of amides is 2. The number of ether oxygens (including phenoxy) is 1. The molecule has 2 amide bonds. The molecular formula is C36H39BrClN3O5S. The molecule has 0 radical (unpaired) electrons. The number of methoxy groups -OCH3 is 1. The Morgan fingerprint density at radius 1 is 0.936 bits per heavy atom. The molecule has 0 aliphatic carbocycles. The minimum atomic E-state index is -4.27. The number of carbonyl (C=O) groups excluding carboxylic acids is 2. The lowest BCUT2D eigenvalue weighted by Crippen LogP contribution is -2.53. The average molecular weight is 741 g/mol. The van der Waals surface area contributed by atoms with Crippen LogP contribution in [0.5, 0.6) is 5.75 Å². The summed E-state index contributed by atoms with van der Waals surface area (Å²) in [7, 11) is -2.78. The van der Waals surface area contributed by atoms with Crippen LogP contribution in [0.2, 0.25) is 5.02 Å². The van der Waals surface area contributed by atoms with Gasteiger partial charge in [0.15, 0.2) is 0 Å². The highest BCUT2D eigenvalue weighted by atomic mass is 79.9. The Kier molecular flexibility index (Phi) is 12.9. The molecule has 0 spiro atoms. The van der Waals surface area contributed by atoms with E-state index < -0.39 is 28.5 Å². The number of nitrogens with zero attached hydrogens (tertiary/aromatic N) is 2. The van der Waals surface area contributed by atoms with Crippen molar-refractivity contribution in [3.63, 3.8) is 0 Å². The number of halogens is 2. The van der Waals surface area contributed by atoms with Gasteiger partial charge in [0.1, 0.15) is 18.3 Å². The Hall–Kier alpha value is -3.86. The van der Waals surface area contributed by atoms with E-state index in [2.05, 4.69) is 21.2 Å². The fourth-order valence-electron chi connectivity index (χ4n) is 5.07. The third-order valence-electron chi connectivity index (χ3n) is 7.65. The number of benzene rings is 4. The summed E-state index contributed by atoms with van der Waals surface area (Å²) in [5, 5.41) is 3.48. The Morgan fingerprint density at radius 3 is 2.28 bits per heavy atom. The Bertz CT molecular complexity index is 1770. The number of hydrogen-bond donors (Lipinski definition) is 1. The lowest BCUT2D eigenvalue weighted by atomic mass is 10.0. The maximum absolute atomic E-state index is 14.6. The summed E-state index contributed by atoms with van der Waals surface area (Å²) in [5.74, 6) is -0.401. The zero-order valence-corrected chi connectivity index (χ0v) is 29.8. The fourth-order valence-corrected chi connectivity index (χ4v) is 7.41. The third kappa shape index (κ3) is 9.59. The monoisotopic (exact) mass is 739 g/mol. The summed E-state index contributed by atoms with van der Waals surface area (Å²) in [5.41, 5.74) is 2.80. The summed E-state index contributed by atoms with van der Waals surface area (Å²) in [4.78, 5) is 29.9. The van der Waals surface area contributed by atoms with Crippen LogP contribution in [0, 0.1) is 6.92 Å². The quantitative estimate of drug-likeness (QED) is 0.131. The van der Waals surface area contributed by atoms with E-state index in [1.54, 1.807) is 48.5 Å². The van der Waals surface area contributed by atoms with Crippen LogP contribution in [0.15, 0.2) is 106 Å². The molecule has 0 saturated carbocycles. The van der Waals surface area contributed by atoms with E-state index in [1.165, 1.54) is 24.1 Å². The molecule has 8 nitrogen and oxygen atoms in total. The van der Waals surface area contributed by atoms with Crippen LogP contribution in [0.25, 0.3) is 0 Å². The van der Waals surface area contributed by atoms with Crippen LogP contribution in [-0.2, 0) is 32.6 Å². The van der Waals surface area contributed by atoms with E-state index in [1.807, 2.05) is 50.2 Å². The minimum Gasteiger partial charge on any atom is -0.496 e. The first-order chi connectivity index (χ1) is 22.5. The van der Waals surface area contributed by atoms with E-state index in [9.17, 15) is 18.0 Å². The molecule has 4 aromatic carbocycles. The molecule has 0 bridgehead atoms. The highest BCUT2D eigenvalue weighted by Gasteiger charge is 2.35. The number of hydrogen-bond acceptors (Lipinski definition) is 5. The van der Waals surface area contributed by atoms with Gasteiger partial charge >= 0.3 is 0 Å². The van der Waals surface area contributed by atoms with Gasteiger partial charge < -0.3 is 15.0 Å². The van der Waals surface area contributed by atoms with Crippen molar-refractivity contribution in [2.45, 2.75) is 50.6 Å². The largest absolute Gasteiger partial charge is 0.496 e. The predicted molar refractivity (Wildman–Crippen MR) is 190 cm³/mol. The summed E-state index contributed by atoms with van der Waals surface area (Å²) in [6.45, 7) is 3.86. The van der Waals surface area contributed by atoms with Crippen molar-refractivity contribution in [3.05, 3.63) is 123 Å². The van der Waals surface area contributed by atoms with Gasteiger partial charge in [0.2, 0.25) is 11.8 Å². The van der Waals surface area contributed by atoms with Gasteiger partial charge in [0.25, 0.3) is 10.0 Å². The van der Waals surface area contributed by atoms with E-state index in [4.69, 9.17) is 16.3 Å². The van der Waals surface area contributed by atoms with Crippen LogP contribution < -0.4 is 14.4 Å². The molecule has 0 saturated heterocycles. The molecule has 0 heterocycles. The topological polar surface area (TPSA) is 96.0 Å². The van der Waals surface area contributed by atoms with Crippen molar-refractivity contribution in [2.24, 2.45) is 0 Å². The highest BCUT2D eigenvalue weighted by Crippen LogP contribution is 2.31. The molecule has 4 aromatic rings. The molecule has 47 heavy (non-hydrogen) atoms. The summed E-state index contributed by atoms with van der Waals surface area (Å²) in [6, 6.07) is 26.9. The zero-order valence-electron chi connectivity index (χ0n) is 26.7. The zero-order chi connectivity index (χ0) is 34.0. The number of anilines is 1. The molecule has 248 valence electrons. The number of aryl methyl sites for hydroxylation is 1. The maximum atomic E-state index is 14.6. The summed E-state index contributed by atoms with van der Waals surface area (Å²) < 4.78 is 35.4. The van der Waals surface area contributed by atoms with Crippen LogP contribution in [-0.4, -0.2) is 51.4 Å². The first kappa shape index (κ1) is 36.0. The van der Waals surface area contributed by atoms with Crippen LogP contribution in [0.1, 0.15) is 36.5 Å². The van der Waals surface area contributed by atoms with Gasteiger partial charge in [-0.1, -0.05) is 85.1 Å². The standard InChI is InChI=1S/C36H39BrClN3O5S/c1-4-5-20-39-36(43)33(22-27-10-7-6-8-11-27)40(24-28-12-9-13-29(38)21-28)35(42)25-41(30-16-14-26(2)15-17-30)47(44,45)31-18-19-34(46-3)32(37)23-31/h6-19,21,23,33H,4-5,20,22,24-25H2,1-3H3,(H,39,43). The lowest BCUT2D eigenvalue weighted by Gasteiger charge is -2.34. The molecular weight excluding hydrogens is 702 g/mol. The van der Waals surface area contributed by atoms with Gasteiger partial charge in [-0.3, -0.25) is 13.9 Å². The van der Waals surface area contributed by atoms with Crippen molar-refractivity contribution < 1.29 is 22.7 Å². The van der Waals surface area contributed by atoms with Crippen molar-refractivity contribution >= 4 is 55.1 Å². The number of rotatable bonds is 15. The molecule has 4 rings (SSSR count). The number of sulfonamides is 1. The minimum absolute atomic E-state index is 0.0296. The molecule has 1 unspecified atom stereocenters. The van der Waals surface area contributed by atoms with Gasteiger partial charge in [-0.2, -0.15) is 0 Å². The van der Waals surface area contributed by atoms with Gasteiger partial charge in [-0.25, -0.2) is 8.42 Å². The Labute approximate surface area is 290 Å². The predicted octanol–water partition coefficient (Wildman–Crippen LogP) is 7.17. The van der Waals surface area contributed by atoms with Gasteiger partial charge in [-0.15, -0.1) is 0 Å². The normalized spacial score (nSPS) is 11.9. The molecule has 0 aromatic heterocycles. The number of carbonyl (C=O) groups is 2. The van der Waals surface area contributed by atoms with Gasteiger partial charge in [-0.05, 0) is 82.9 Å². The lowest BCUT2D eigenvalue weighted by molar-refractivity contribution is -0.140. The van der Waals surface area contributed by atoms with Gasteiger partial charge in [0.05, 0.1) is 22.2 Å². The molecule has 1 N–H and O–H groups in total. The van der Waals surface area contributed by atoms with Crippen LogP contribution in [0.3, 0.4) is 0 Å². The molecule has 0 aliphatic heterocycles. The van der Waals surface area contributed by atoms with Crippen LogP contribution in [0.4, 0.5) is 5.69 Å². The van der Waals surface area contributed by atoms with Gasteiger partial charge in [0, 0.05) is 24.5 Å². The van der Waals surface area contributed by atoms with Crippen molar-refractivity contribution in [2.75, 3.05) is 24.5 Å². The second-order valence-corrected chi connectivity index (χ2v) is 14.3. The molecule has 0 fully saturated rings. The second-order valence-electron chi connectivity index (χ2n) is 11.1. The maximum Gasteiger partial charge on any atom is 0.264 e. The molecule has 11 heteroatoms. The average Bonchev–Trinajstić information content (AvgIpc) is 3.06. The third-order valence-corrected chi connectivity index (χ3v) is 10.3. The van der Waals surface area contributed by atoms with Crippen LogP contribution >= 0.6 is 27.5 Å². The smallest absolute Gasteiger partial charge is 0.264 e. The first-order valence-corrected chi connectivity index (χ1v) is 17.9. The van der Waals surface area contributed by atoms with Crippen molar-refractivity contribution in [1.29, 1.82) is 0 Å². The number of unbranched alkanes of at least 4 members (excludes halogenated alkanes) is 1. The molecule has 0 aliphatic rings. The van der Waals surface area contributed by atoms with E-state index in [-0.39, 0.29) is 23.8 Å². The Morgan fingerprint density at radius 2 is 1.64 bits per heavy atom. The fraction of sp³-hybridized carbons (Fsp3) is 0.278. The number of nitrogens with one attached hydrogen (secondary N) is 1. The van der Waals surface area contributed by atoms with E-state index in [0.29, 0.717) is 33.0 Å². The SMILES string of the molecule is CCCCNC(=O)C(Cc1ccccc1)N(Cc1cccc(Cl)c1)C(=O)CN(c1ccc(C)cc1)S(=O)(=O)c1ccc(OC)c(Br)c1. The Balaban J connectivity index is 1.80. The van der Waals surface area contributed by atoms with Crippen molar-refractivity contribution in [3.8, 4) is 5.75 Å².